The minimum absolute atomic E-state index is 0.0798. The lowest BCUT2D eigenvalue weighted by molar-refractivity contribution is 0.0304. The molecule has 0 radical (unpaired) electrons. The van der Waals surface area contributed by atoms with E-state index < -0.39 is 0 Å². The van der Waals surface area contributed by atoms with Gasteiger partial charge < -0.3 is 15.4 Å². The van der Waals surface area contributed by atoms with E-state index in [0.717, 1.165) is 17.6 Å². The Balaban J connectivity index is 1.84. The van der Waals surface area contributed by atoms with E-state index in [1.165, 1.54) is 24.1 Å². The molecule has 1 aromatic carbocycles. The van der Waals surface area contributed by atoms with E-state index in [1.54, 1.807) is 0 Å². The molecule has 4 heteroatoms. The summed E-state index contributed by atoms with van der Waals surface area (Å²) in [6.45, 7) is 4.02. The molecular formula is C14H19BrN2O. The summed E-state index contributed by atoms with van der Waals surface area (Å²) in [6.07, 6.45) is 3.25. The first-order valence-corrected chi connectivity index (χ1v) is 7.38. The summed E-state index contributed by atoms with van der Waals surface area (Å²) in [5.41, 5.74) is 8.34. The monoisotopic (exact) mass is 310 g/mol. The zero-order valence-corrected chi connectivity index (χ0v) is 12.2. The van der Waals surface area contributed by atoms with E-state index in [2.05, 4.69) is 39.0 Å². The number of halogens is 1. The molecule has 2 aliphatic rings. The molecule has 3 atom stereocenters. The van der Waals surface area contributed by atoms with Gasteiger partial charge >= 0.3 is 0 Å². The number of hydrogen-bond acceptors (Lipinski definition) is 3. The Labute approximate surface area is 116 Å². The van der Waals surface area contributed by atoms with Gasteiger partial charge in [0.15, 0.2) is 0 Å². The van der Waals surface area contributed by atoms with Crippen LogP contribution in [0, 0.1) is 0 Å². The second kappa shape index (κ2) is 4.83. The van der Waals surface area contributed by atoms with Gasteiger partial charge in [0.1, 0.15) is 0 Å². The Bertz CT molecular complexity index is 437. The second-order valence-electron chi connectivity index (χ2n) is 5.36. The molecule has 98 valence electrons. The number of anilines is 1. The lowest BCUT2D eigenvalue weighted by Gasteiger charge is -2.34. The van der Waals surface area contributed by atoms with Crippen LogP contribution in [0.5, 0.6) is 0 Å². The van der Waals surface area contributed by atoms with Crippen LogP contribution in [-0.2, 0) is 4.74 Å². The Kier molecular flexibility index (Phi) is 3.34. The van der Waals surface area contributed by atoms with Crippen molar-refractivity contribution in [3.8, 4) is 0 Å². The zero-order valence-electron chi connectivity index (χ0n) is 10.6. The molecule has 2 N–H and O–H groups in total. The van der Waals surface area contributed by atoms with Crippen LogP contribution < -0.4 is 10.6 Å². The topological polar surface area (TPSA) is 38.5 Å². The summed E-state index contributed by atoms with van der Waals surface area (Å²) in [4.78, 5) is 2.43. The molecule has 3 rings (SSSR count). The molecule has 18 heavy (non-hydrogen) atoms. The minimum atomic E-state index is 0.0798. The van der Waals surface area contributed by atoms with Crippen LogP contribution in [0.4, 0.5) is 5.69 Å². The van der Waals surface area contributed by atoms with E-state index in [-0.39, 0.29) is 6.04 Å². The summed E-state index contributed by atoms with van der Waals surface area (Å²) >= 11 is 3.67. The van der Waals surface area contributed by atoms with Crippen LogP contribution in [0.25, 0.3) is 0 Å². The molecule has 0 amide bonds. The normalized spacial score (nSPS) is 28.5. The van der Waals surface area contributed by atoms with Gasteiger partial charge in [0.25, 0.3) is 0 Å². The average molecular weight is 311 g/mol. The summed E-state index contributed by atoms with van der Waals surface area (Å²) in [7, 11) is 0. The van der Waals surface area contributed by atoms with Crippen LogP contribution in [0.3, 0.4) is 0 Å². The smallest absolute Gasteiger partial charge is 0.0755 e. The minimum Gasteiger partial charge on any atom is -0.371 e. The third-order valence-corrected chi connectivity index (χ3v) is 4.52. The van der Waals surface area contributed by atoms with Gasteiger partial charge in [-0.15, -0.1) is 0 Å². The molecule has 0 saturated carbocycles. The highest BCUT2D eigenvalue weighted by Crippen LogP contribution is 2.34. The Morgan fingerprint density at radius 2 is 2.00 bits per heavy atom. The summed E-state index contributed by atoms with van der Waals surface area (Å²) in [5.74, 6) is 0. The van der Waals surface area contributed by atoms with E-state index in [9.17, 15) is 0 Å². The van der Waals surface area contributed by atoms with Crippen molar-refractivity contribution >= 4 is 21.6 Å². The predicted octanol–water partition coefficient (Wildman–Crippen LogP) is 2.84. The van der Waals surface area contributed by atoms with Gasteiger partial charge in [0.05, 0.1) is 17.9 Å². The highest BCUT2D eigenvalue weighted by molar-refractivity contribution is 9.10. The highest BCUT2D eigenvalue weighted by Gasteiger charge is 2.34. The maximum Gasteiger partial charge on any atom is 0.0755 e. The Morgan fingerprint density at radius 1 is 1.33 bits per heavy atom. The van der Waals surface area contributed by atoms with Gasteiger partial charge in [-0.1, -0.05) is 6.07 Å². The Morgan fingerprint density at radius 3 is 2.56 bits per heavy atom. The number of fused-ring (bicyclic) bond motifs is 2. The lowest BCUT2D eigenvalue weighted by atomic mass is 10.1. The fraction of sp³-hybridized carbons (Fsp3) is 0.571. The summed E-state index contributed by atoms with van der Waals surface area (Å²) in [6, 6.07) is 6.52. The molecule has 2 unspecified atom stereocenters. The van der Waals surface area contributed by atoms with E-state index in [0.29, 0.717) is 12.2 Å². The Hall–Kier alpha value is -0.580. The number of hydrogen-bond donors (Lipinski definition) is 1. The summed E-state index contributed by atoms with van der Waals surface area (Å²) in [5, 5.41) is 0. The molecule has 2 aliphatic heterocycles. The molecule has 2 bridgehead atoms. The average Bonchev–Trinajstić information content (AvgIpc) is 2.68. The van der Waals surface area contributed by atoms with Gasteiger partial charge in [-0.3, -0.25) is 0 Å². The zero-order chi connectivity index (χ0) is 12.7. The quantitative estimate of drug-likeness (QED) is 0.913. The maximum atomic E-state index is 5.91. The van der Waals surface area contributed by atoms with Gasteiger partial charge in [-0.25, -0.2) is 0 Å². The van der Waals surface area contributed by atoms with Crippen molar-refractivity contribution in [1.29, 1.82) is 0 Å². The van der Waals surface area contributed by atoms with Crippen LogP contribution in [0.1, 0.15) is 31.4 Å². The second-order valence-corrected chi connectivity index (χ2v) is 6.22. The van der Waals surface area contributed by atoms with Gasteiger partial charge in [0.2, 0.25) is 0 Å². The number of benzene rings is 1. The molecule has 2 fully saturated rings. The summed E-state index contributed by atoms with van der Waals surface area (Å²) < 4.78 is 7.01. The van der Waals surface area contributed by atoms with Crippen molar-refractivity contribution < 1.29 is 4.74 Å². The third-order valence-electron chi connectivity index (χ3n) is 3.88. The molecule has 0 aliphatic carbocycles. The third kappa shape index (κ3) is 2.29. The molecule has 0 aromatic heterocycles. The van der Waals surface area contributed by atoms with E-state index in [4.69, 9.17) is 10.5 Å². The van der Waals surface area contributed by atoms with Crippen LogP contribution in [-0.4, -0.2) is 25.3 Å². The molecule has 3 nitrogen and oxygen atoms in total. The largest absolute Gasteiger partial charge is 0.371 e. The number of morpholine rings is 1. The number of ether oxygens (including phenoxy) is 1. The first-order chi connectivity index (χ1) is 8.63. The molecule has 1 aromatic rings. The van der Waals surface area contributed by atoms with Crippen LogP contribution in [0.2, 0.25) is 0 Å². The van der Waals surface area contributed by atoms with E-state index in [1.807, 2.05) is 6.92 Å². The number of nitrogens with two attached hydrogens (primary N) is 1. The SMILES string of the molecule is C[C@@H](N)c1ccc(N2CC3CCC(C2)O3)c(Br)c1. The predicted molar refractivity (Wildman–Crippen MR) is 76.9 cm³/mol. The fourth-order valence-electron chi connectivity index (χ4n) is 2.87. The van der Waals surface area contributed by atoms with Gasteiger partial charge in [0, 0.05) is 23.6 Å². The van der Waals surface area contributed by atoms with Gasteiger partial charge in [-0.2, -0.15) is 0 Å². The fourth-order valence-corrected chi connectivity index (χ4v) is 3.52. The van der Waals surface area contributed by atoms with Crippen molar-refractivity contribution in [2.75, 3.05) is 18.0 Å². The molecule has 2 saturated heterocycles. The number of rotatable bonds is 2. The highest BCUT2D eigenvalue weighted by atomic mass is 79.9. The van der Waals surface area contributed by atoms with Crippen LogP contribution in [0.15, 0.2) is 22.7 Å². The van der Waals surface area contributed by atoms with Crippen molar-refractivity contribution in [2.24, 2.45) is 5.73 Å². The van der Waals surface area contributed by atoms with Gasteiger partial charge in [-0.05, 0) is 53.4 Å². The lowest BCUT2D eigenvalue weighted by Crippen LogP contribution is -2.42. The molecule has 0 spiro atoms. The van der Waals surface area contributed by atoms with Crippen molar-refractivity contribution in [3.05, 3.63) is 28.2 Å². The first kappa shape index (κ1) is 12.5. The first-order valence-electron chi connectivity index (χ1n) is 6.59. The van der Waals surface area contributed by atoms with Crippen molar-refractivity contribution in [1.82, 2.24) is 0 Å². The van der Waals surface area contributed by atoms with Crippen LogP contribution >= 0.6 is 15.9 Å². The standard InChI is InChI=1S/C14H19BrN2O/c1-9(16)10-2-5-14(13(15)6-10)17-7-11-3-4-12(8-17)18-11/h2,5-6,9,11-12H,3-4,7-8,16H2,1H3/t9-,11?,12?/m1/s1. The van der Waals surface area contributed by atoms with Crippen molar-refractivity contribution in [3.63, 3.8) is 0 Å². The molecule has 2 heterocycles. The van der Waals surface area contributed by atoms with E-state index >= 15 is 0 Å². The molecular weight excluding hydrogens is 292 g/mol. The van der Waals surface area contributed by atoms with Crippen molar-refractivity contribution in [2.45, 2.75) is 38.0 Å². The number of nitrogens with zero attached hydrogens (tertiary/aromatic N) is 1. The maximum absolute atomic E-state index is 5.91.